The number of aldehydes is 1. The first-order valence-corrected chi connectivity index (χ1v) is 5.39. The summed E-state index contributed by atoms with van der Waals surface area (Å²) in [6.07, 6.45) is -1.01. The van der Waals surface area contributed by atoms with Crippen LogP contribution in [0, 0.1) is 5.92 Å². The van der Waals surface area contributed by atoms with Gasteiger partial charge in [0.05, 0.1) is 0 Å². The Morgan fingerprint density at radius 2 is 2.24 bits per heavy atom. The van der Waals surface area contributed by atoms with Crippen LogP contribution in [-0.2, 0) is 17.5 Å². The van der Waals surface area contributed by atoms with Crippen molar-refractivity contribution >= 4 is 6.29 Å². The van der Waals surface area contributed by atoms with Crippen molar-refractivity contribution in [3.63, 3.8) is 0 Å². The van der Waals surface area contributed by atoms with Gasteiger partial charge in [0, 0.05) is 12.5 Å². The molecule has 0 amide bonds. The fourth-order valence-electron chi connectivity index (χ4n) is 1.52. The van der Waals surface area contributed by atoms with Crippen LogP contribution in [-0.4, -0.2) is 21.1 Å². The molecule has 0 N–H and O–H groups in total. The number of carbonyl (C=O) groups is 1. The molecule has 1 aromatic rings. The van der Waals surface area contributed by atoms with Gasteiger partial charge in [-0.2, -0.15) is 18.3 Å². The molecule has 0 saturated carbocycles. The molecule has 1 atom stereocenters. The molecular weight excluding hydrogens is 235 g/mol. The Bertz CT molecular complexity index is 362. The van der Waals surface area contributed by atoms with Gasteiger partial charge in [-0.05, 0) is 19.3 Å². The minimum Gasteiger partial charge on any atom is -0.303 e. The lowest BCUT2D eigenvalue weighted by Gasteiger charge is -2.10. The Kier molecular flexibility index (Phi) is 4.65. The average Bonchev–Trinajstić information content (AvgIpc) is 2.72. The van der Waals surface area contributed by atoms with E-state index < -0.39 is 12.0 Å². The van der Waals surface area contributed by atoms with Crippen LogP contribution < -0.4 is 0 Å². The maximum absolute atomic E-state index is 12.4. The number of hydrogen-bond acceptors (Lipinski definition) is 3. The summed E-state index contributed by atoms with van der Waals surface area (Å²) in [5.41, 5.74) is 0. The fourth-order valence-corrected chi connectivity index (χ4v) is 1.52. The highest BCUT2D eigenvalue weighted by molar-refractivity contribution is 5.53. The highest BCUT2D eigenvalue weighted by atomic mass is 19.4. The standard InChI is InChI=1S/C10H14F3N3O/c1-2-8(6-17)4-3-5-16-9(10(11,12)13)14-7-15-16/h6-8H,2-5H2,1H3. The Balaban J connectivity index is 2.53. The highest BCUT2D eigenvalue weighted by Crippen LogP contribution is 2.27. The molecule has 0 aliphatic heterocycles. The number of alkyl halides is 3. The first-order valence-electron chi connectivity index (χ1n) is 5.39. The number of aryl methyl sites for hydroxylation is 1. The summed E-state index contributed by atoms with van der Waals surface area (Å²) in [5.74, 6) is -1.08. The van der Waals surface area contributed by atoms with Gasteiger partial charge in [-0.25, -0.2) is 9.67 Å². The molecule has 0 aliphatic carbocycles. The average molecular weight is 249 g/mol. The number of hydrogen-bond donors (Lipinski definition) is 0. The van der Waals surface area contributed by atoms with Crippen LogP contribution in [0.3, 0.4) is 0 Å². The number of carbonyl (C=O) groups excluding carboxylic acids is 1. The summed E-state index contributed by atoms with van der Waals surface area (Å²) >= 11 is 0. The van der Waals surface area contributed by atoms with Gasteiger partial charge >= 0.3 is 6.18 Å². The zero-order valence-electron chi connectivity index (χ0n) is 9.44. The molecule has 0 spiro atoms. The molecule has 0 bridgehead atoms. The molecular formula is C10H14F3N3O. The van der Waals surface area contributed by atoms with Crippen LogP contribution in [0.25, 0.3) is 0 Å². The predicted octanol–water partition coefficient (Wildman–Crippen LogP) is 2.30. The number of halogens is 3. The smallest absolute Gasteiger partial charge is 0.303 e. The van der Waals surface area contributed by atoms with Gasteiger partial charge in [0.1, 0.15) is 12.6 Å². The van der Waals surface area contributed by atoms with Gasteiger partial charge in [0.2, 0.25) is 5.82 Å². The summed E-state index contributed by atoms with van der Waals surface area (Å²) in [6.45, 7) is 1.99. The van der Waals surface area contributed by atoms with Crippen molar-refractivity contribution in [2.75, 3.05) is 0 Å². The van der Waals surface area contributed by atoms with Gasteiger partial charge in [-0.15, -0.1) is 0 Å². The van der Waals surface area contributed by atoms with Gasteiger partial charge in [-0.1, -0.05) is 6.92 Å². The molecule has 0 fully saturated rings. The van der Waals surface area contributed by atoms with E-state index in [0.29, 0.717) is 19.3 Å². The number of aromatic nitrogens is 3. The van der Waals surface area contributed by atoms with E-state index in [0.717, 1.165) is 17.3 Å². The Morgan fingerprint density at radius 1 is 1.53 bits per heavy atom. The van der Waals surface area contributed by atoms with Crippen LogP contribution in [0.4, 0.5) is 13.2 Å². The van der Waals surface area contributed by atoms with E-state index in [9.17, 15) is 18.0 Å². The lowest BCUT2D eigenvalue weighted by atomic mass is 10.0. The van der Waals surface area contributed by atoms with E-state index >= 15 is 0 Å². The Labute approximate surface area is 96.8 Å². The van der Waals surface area contributed by atoms with Crippen molar-refractivity contribution in [2.24, 2.45) is 5.92 Å². The summed E-state index contributed by atoms with van der Waals surface area (Å²) in [7, 11) is 0. The van der Waals surface area contributed by atoms with Crippen molar-refractivity contribution in [3.8, 4) is 0 Å². The monoisotopic (exact) mass is 249 g/mol. The lowest BCUT2D eigenvalue weighted by molar-refractivity contribution is -0.147. The Hall–Kier alpha value is -1.40. The van der Waals surface area contributed by atoms with Crippen molar-refractivity contribution in [3.05, 3.63) is 12.2 Å². The summed E-state index contributed by atoms with van der Waals surface area (Å²) in [5, 5.41) is 3.53. The van der Waals surface area contributed by atoms with Crippen LogP contribution in [0.15, 0.2) is 6.33 Å². The van der Waals surface area contributed by atoms with Gasteiger partial charge in [-0.3, -0.25) is 0 Å². The van der Waals surface area contributed by atoms with E-state index in [1.165, 1.54) is 0 Å². The van der Waals surface area contributed by atoms with Crippen molar-refractivity contribution in [1.29, 1.82) is 0 Å². The van der Waals surface area contributed by atoms with Crippen LogP contribution in [0.1, 0.15) is 32.0 Å². The third-order valence-corrected chi connectivity index (χ3v) is 2.53. The van der Waals surface area contributed by atoms with Crippen LogP contribution in [0.5, 0.6) is 0 Å². The van der Waals surface area contributed by atoms with Crippen LogP contribution >= 0.6 is 0 Å². The zero-order chi connectivity index (χ0) is 12.9. The van der Waals surface area contributed by atoms with E-state index in [1.807, 2.05) is 6.92 Å². The zero-order valence-corrected chi connectivity index (χ0v) is 9.44. The number of nitrogens with zero attached hydrogens (tertiary/aromatic N) is 3. The van der Waals surface area contributed by atoms with E-state index in [4.69, 9.17) is 0 Å². The molecule has 1 heterocycles. The summed E-state index contributed by atoms with van der Waals surface area (Å²) in [6, 6.07) is 0. The molecule has 17 heavy (non-hydrogen) atoms. The minimum absolute atomic E-state index is 0.0899. The normalized spacial score (nSPS) is 13.6. The van der Waals surface area contributed by atoms with Gasteiger partial charge in [0.25, 0.3) is 0 Å². The molecule has 0 aliphatic rings. The Morgan fingerprint density at radius 3 is 2.76 bits per heavy atom. The van der Waals surface area contributed by atoms with Crippen molar-refractivity contribution < 1.29 is 18.0 Å². The largest absolute Gasteiger partial charge is 0.451 e. The topological polar surface area (TPSA) is 47.8 Å². The predicted molar refractivity (Wildman–Crippen MR) is 54.1 cm³/mol. The lowest BCUT2D eigenvalue weighted by Crippen LogP contribution is -2.16. The molecule has 0 saturated heterocycles. The first kappa shape index (κ1) is 13.7. The summed E-state index contributed by atoms with van der Waals surface area (Å²) in [4.78, 5) is 13.7. The summed E-state index contributed by atoms with van der Waals surface area (Å²) < 4.78 is 38.1. The SMILES string of the molecule is CCC(C=O)CCCn1ncnc1C(F)(F)F. The first-order chi connectivity index (χ1) is 7.99. The van der Waals surface area contributed by atoms with E-state index in [2.05, 4.69) is 10.1 Å². The van der Waals surface area contributed by atoms with Gasteiger partial charge < -0.3 is 4.79 Å². The van der Waals surface area contributed by atoms with E-state index in [-0.39, 0.29) is 12.5 Å². The molecule has 0 radical (unpaired) electrons. The third-order valence-electron chi connectivity index (χ3n) is 2.53. The van der Waals surface area contributed by atoms with Gasteiger partial charge in [0.15, 0.2) is 0 Å². The second-order valence-electron chi connectivity index (χ2n) is 3.75. The quantitative estimate of drug-likeness (QED) is 0.727. The maximum Gasteiger partial charge on any atom is 0.451 e. The second-order valence-corrected chi connectivity index (χ2v) is 3.75. The highest BCUT2D eigenvalue weighted by Gasteiger charge is 2.36. The van der Waals surface area contributed by atoms with E-state index in [1.54, 1.807) is 0 Å². The molecule has 1 aromatic heterocycles. The molecule has 96 valence electrons. The second kappa shape index (κ2) is 5.79. The van der Waals surface area contributed by atoms with Crippen molar-refractivity contribution in [2.45, 2.75) is 38.9 Å². The third kappa shape index (κ3) is 3.83. The molecule has 1 unspecified atom stereocenters. The number of rotatable bonds is 6. The molecule has 1 rings (SSSR count). The van der Waals surface area contributed by atoms with Crippen molar-refractivity contribution in [1.82, 2.24) is 14.8 Å². The maximum atomic E-state index is 12.4. The molecule has 4 nitrogen and oxygen atoms in total. The molecule has 0 aromatic carbocycles. The fraction of sp³-hybridized carbons (Fsp3) is 0.700. The molecule has 7 heteroatoms. The van der Waals surface area contributed by atoms with Crippen LogP contribution in [0.2, 0.25) is 0 Å². The minimum atomic E-state index is -4.48.